The fraction of sp³-hybridized carbons (Fsp3) is 0.318. The molecule has 2 N–H and O–H groups in total. The summed E-state index contributed by atoms with van der Waals surface area (Å²) >= 11 is 0. The summed E-state index contributed by atoms with van der Waals surface area (Å²) in [5.41, 5.74) is 3.83. The van der Waals surface area contributed by atoms with Crippen LogP contribution in [0.15, 0.2) is 41.3 Å². The molecule has 1 saturated heterocycles. The van der Waals surface area contributed by atoms with Crippen LogP contribution >= 0.6 is 0 Å². The summed E-state index contributed by atoms with van der Waals surface area (Å²) in [6.45, 7) is 6.08. The van der Waals surface area contributed by atoms with Gasteiger partial charge in [-0.1, -0.05) is 5.16 Å². The molecule has 1 aliphatic heterocycles. The first kappa shape index (κ1) is 19.2. The van der Waals surface area contributed by atoms with Gasteiger partial charge in [-0.2, -0.15) is 15.0 Å². The van der Waals surface area contributed by atoms with Crippen LogP contribution in [-0.4, -0.2) is 44.0 Å². The smallest absolute Gasteiger partial charge is 0.170 e. The van der Waals surface area contributed by atoms with Gasteiger partial charge in [0, 0.05) is 48.4 Å². The largest absolute Gasteiger partial charge is 0.382 e. The zero-order valence-corrected chi connectivity index (χ0v) is 17.3. The molecule has 1 aliphatic rings. The van der Waals surface area contributed by atoms with Crippen molar-refractivity contribution in [2.24, 2.45) is 0 Å². The molecule has 0 amide bonds. The van der Waals surface area contributed by atoms with E-state index >= 15 is 0 Å². The minimum atomic E-state index is 0.209. The third-order valence-corrected chi connectivity index (χ3v) is 5.36. The SMILES string of the molecule is CC(C)Nc1cc(-n2ncc3cc(C#N)cnc32)ncc1-c1cc([C@H]2CCNC2)no1. The molecule has 4 aromatic heterocycles. The van der Waals surface area contributed by atoms with Crippen LogP contribution in [0.2, 0.25) is 0 Å². The molecule has 0 unspecified atom stereocenters. The lowest BCUT2D eigenvalue weighted by Crippen LogP contribution is -2.12. The number of fused-ring (bicyclic) bond motifs is 1. The van der Waals surface area contributed by atoms with Gasteiger partial charge in [-0.25, -0.2) is 9.97 Å². The van der Waals surface area contributed by atoms with E-state index in [0.717, 1.165) is 41.8 Å². The number of hydrogen-bond acceptors (Lipinski definition) is 8. The molecule has 0 spiro atoms. The predicted octanol–water partition coefficient (Wildman–Crippen LogP) is 3.24. The number of aromatic nitrogens is 5. The molecule has 0 radical (unpaired) electrons. The van der Waals surface area contributed by atoms with Gasteiger partial charge in [-0.15, -0.1) is 0 Å². The van der Waals surface area contributed by atoms with Crippen molar-refractivity contribution in [1.29, 1.82) is 5.26 Å². The number of pyridine rings is 2. The molecule has 0 aliphatic carbocycles. The Morgan fingerprint density at radius 1 is 1.23 bits per heavy atom. The number of rotatable bonds is 5. The van der Waals surface area contributed by atoms with Crippen molar-refractivity contribution < 1.29 is 4.52 Å². The van der Waals surface area contributed by atoms with E-state index in [0.29, 0.717) is 28.7 Å². The average Bonchev–Trinajstić information content (AvgIpc) is 3.52. The number of anilines is 1. The Morgan fingerprint density at radius 3 is 2.90 bits per heavy atom. The lowest BCUT2D eigenvalue weighted by atomic mass is 10.0. The van der Waals surface area contributed by atoms with Gasteiger partial charge in [0.1, 0.15) is 6.07 Å². The maximum absolute atomic E-state index is 9.10. The van der Waals surface area contributed by atoms with E-state index in [1.807, 2.05) is 12.1 Å². The predicted molar refractivity (Wildman–Crippen MR) is 116 cm³/mol. The molecule has 156 valence electrons. The topological polar surface area (TPSA) is 117 Å². The zero-order valence-electron chi connectivity index (χ0n) is 17.3. The van der Waals surface area contributed by atoms with E-state index in [1.165, 1.54) is 6.20 Å². The lowest BCUT2D eigenvalue weighted by molar-refractivity contribution is 0.418. The molecular weight excluding hydrogens is 392 g/mol. The lowest BCUT2D eigenvalue weighted by Gasteiger charge is -2.14. The highest BCUT2D eigenvalue weighted by Crippen LogP contribution is 2.33. The Bertz CT molecular complexity index is 1280. The van der Waals surface area contributed by atoms with E-state index in [4.69, 9.17) is 9.78 Å². The number of hydrogen-bond donors (Lipinski definition) is 2. The third kappa shape index (κ3) is 3.62. The monoisotopic (exact) mass is 414 g/mol. The van der Waals surface area contributed by atoms with Gasteiger partial charge in [0.15, 0.2) is 17.2 Å². The maximum Gasteiger partial charge on any atom is 0.170 e. The van der Waals surface area contributed by atoms with Crippen molar-refractivity contribution in [1.82, 2.24) is 30.2 Å². The highest BCUT2D eigenvalue weighted by Gasteiger charge is 2.22. The molecule has 9 nitrogen and oxygen atoms in total. The average molecular weight is 414 g/mol. The summed E-state index contributed by atoms with van der Waals surface area (Å²) in [5, 5.41) is 25.4. The fourth-order valence-electron chi connectivity index (χ4n) is 3.85. The van der Waals surface area contributed by atoms with Gasteiger partial charge in [-0.3, -0.25) is 0 Å². The second-order valence-corrected chi connectivity index (χ2v) is 8.00. The van der Waals surface area contributed by atoms with Gasteiger partial charge in [0.2, 0.25) is 0 Å². The molecule has 9 heteroatoms. The van der Waals surface area contributed by atoms with Gasteiger partial charge in [0.25, 0.3) is 0 Å². The number of nitrogens with one attached hydrogen (secondary N) is 2. The first-order valence-electron chi connectivity index (χ1n) is 10.3. The van der Waals surface area contributed by atoms with Gasteiger partial charge in [-0.05, 0) is 32.9 Å². The van der Waals surface area contributed by atoms with Crippen LogP contribution in [0.1, 0.15) is 37.4 Å². The van der Waals surface area contributed by atoms with Crippen LogP contribution in [0.4, 0.5) is 5.69 Å². The minimum Gasteiger partial charge on any atom is -0.382 e. The van der Waals surface area contributed by atoms with E-state index < -0.39 is 0 Å². The second kappa shape index (κ2) is 7.81. The van der Waals surface area contributed by atoms with Crippen molar-refractivity contribution in [2.45, 2.75) is 32.2 Å². The highest BCUT2D eigenvalue weighted by molar-refractivity contribution is 5.79. The second-order valence-electron chi connectivity index (χ2n) is 8.00. The van der Waals surface area contributed by atoms with E-state index in [2.05, 4.69) is 50.8 Å². The molecule has 1 fully saturated rings. The summed E-state index contributed by atoms with van der Waals surface area (Å²) in [6.07, 6.45) is 6.06. The summed E-state index contributed by atoms with van der Waals surface area (Å²) in [7, 11) is 0. The van der Waals surface area contributed by atoms with Crippen LogP contribution in [0.25, 0.3) is 28.2 Å². The third-order valence-electron chi connectivity index (χ3n) is 5.36. The molecule has 5 rings (SSSR count). The number of nitriles is 1. The van der Waals surface area contributed by atoms with Crippen LogP contribution in [0, 0.1) is 11.3 Å². The maximum atomic E-state index is 9.10. The van der Waals surface area contributed by atoms with Crippen LogP contribution < -0.4 is 10.6 Å². The highest BCUT2D eigenvalue weighted by atomic mass is 16.5. The van der Waals surface area contributed by atoms with Crippen LogP contribution in [-0.2, 0) is 0 Å². The Morgan fingerprint density at radius 2 is 2.13 bits per heavy atom. The van der Waals surface area contributed by atoms with E-state index in [-0.39, 0.29) is 6.04 Å². The minimum absolute atomic E-state index is 0.209. The number of nitrogens with zero attached hydrogens (tertiary/aromatic N) is 6. The first-order valence-corrected chi connectivity index (χ1v) is 10.3. The van der Waals surface area contributed by atoms with Gasteiger partial charge in [0.05, 0.1) is 28.7 Å². The van der Waals surface area contributed by atoms with Crippen molar-refractivity contribution in [3.63, 3.8) is 0 Å². The Hall–Kier alpha value is -3.77. The quantitative estimate of drug-likeness (QED) is 0.511. The van der Waals surface area contributed by atoms with Crippen molar-refractivity contribution in [2.75, 3.05) is 18.4 Å². The molecule has 0 aromatic carbocycles. The Balaban J connectivity index is 1.55. The van der Waals surface area contributed by atoms with Crippen molar-refractivity contribution in [3.8, 4) is 23.2 Å². The van der Waals surface area contributed by atoms with Crippen LogP contribution in [0.3, 0.4) is 0 Å². The molecule has 1 atom stereocenters. The molecule has 31 heavy (non-hydrogen) atoms. The van der Waals surface area contributed by atoms with Gasteiger partial charge < -0.3 is 15.2 Å². The van der Waals surface area contributed by atoms with Crippen LogP contribution in [0.5, 0.6) is 0 Å². The standard InChI is InChI=1S/C22H22N8O/c1-13(2)28-19-7-21(30-22-16(11-27-30)5-14(8-23)9-26-22)25-12-17(19)20-6-18(29-31-20)15-3-4-24-10-15/h5-7,9,11-13,15,24H,3-4,10H2,1-2H3,(H,25,28)/t15-/m0/s1. The summed E-state index contributed by atoms with van der Waals surface area (Å²) in [5.74, 6) is 1.69. The summed E-state index contributed by atoms with van der Waals surface area (Å²) in [4.78, 5) is 9.01. The van der Waals surface area contributed by atoms with Crippen molar-refractivity contribution in [3.05, 3.63) is 48.0 Å². The van der Waals surface area contributed by atoms with E-state index in [9.17, 15) is 0 Å². The Kier molecular flexibility index (Phi) is 4.84. The summed E-state index contributed by atoms with van der Waals surface area (Å²) < 4.78 is 7.36. The normalized spacial score (nSPS) is 16.1. The fourth-order valence-corrected chi connectivity index (χ4v) is 3.85. The van der Waals surface area contributed by atoms with Crippen molar-refractivity contribution >= 4 is 16.7 Å². The van der Waals surface area contributed by atoms with E-state index in [1.54, 1.807) is 23.1 Å². The molecule has 0 bridgehead atoms. The van der Waals surface area contributed by atoms with Gasteiger partial charge >= 0.3 is 0 Å². The molecule has 5 heterocycles. The molecular formula is C22H22N8O. The first-order chi connectivity index (χ1) is 15.1. The summed E-state index contributed by atoms with van der Waals surface area (Å²) in [6, 6.07) is 8.02. The molecule has 4 aromatic rings. The molecule has 0 saturated carbocycles. The zero-order chi connectivity index (χ0) is 21.4. The Labute approximate surface area is 179 Å².